The first-order valence-electron chi connectivity index (χ1n) is 7.94. The number of amides is 2. The number of benzene rings is 1. The minimum absolute atomic E-state index is 0.0162. The quantitative estimate of drug-likeness (QED) is 0.836. The summed E-state index contributed by atoms with van der Waals surface area (Å²) in [6.45, 7) is 2.67. The number of rotatable bonds is 5. The first-order chi connectivity index (χ1) is 11.0. The number of likely N-dealkylation sites (tertiary alicyclic amines) is 1. The highest BCUT2D eigenvalue weighted by atomic mass is 16.5. The summed E-state index contributed by atoms with van der Waals surface area (Å²) in [5.41, 5.74) is 6.90. The molecule has 2 rings (SSSR count). The Labute approximate surface area is 137 Å². The fraction of sp³-hybridized carbons (Fsp3) is 0.529. The van der Waals surface area contributed by atoms with E-state index in [9.17, 15) is 9.59 Å². The maximum atomic E-state index is 12.8. The minimum Gasteiger partial charge on any atom is -0.497 e. The van der Waals surface area contributed by atoms with Crippen molar-refractivity contribution in [2.45, 2.75) is 38.3 Å². The van der Waals surface area contributed by atoms with Gasteiger partial charge in [0.15, 0.2) is 0 Å². The van der Waals surface area contributed by atoms with Crippen molar-refractivity contribution in [2.24, 2.45) is 5.73 Å². The second-order valence-corrected chi connectivity index (χ2v) is 6.00. The van der Waals surface area contributed by atoms with Crippen LogP contribution in [0.5, 0.6) is 5.75 Å². The Kier molecular flexibility index (Phi) is 5.98. The van der Waals surface area contributed by atoms with Crippen molar-refractivity contribution >= 4 is 11.8 Å². The summed E-state index contributed by atoms with van der Waals surface area (Å²) in [5.74, 6) is 0.447. The molecular weight excluding hydrogens is 294 g/mol. The highest BCUT2D eigenvalue weighted by molar-refractivity contribution is 5.87. The molecule has 0 spiro atoms. The highest BCUT2D eigenvalue weighted by Gasteiger charge is 2.28. The molecule has 2 amide bonds. The summed E-state index contributed by atoms with van der Waals surface area (Å²) < 4.78 is 5.21. The van der Waals surface area contributed by atoms with Gasteiger partial charge in [-0.05, 0) is 30.5 Å². The Morgan fingerprint density at radius 2 is 2.26 bits per heavy atom. The zero-order valence-electron chi connectivity index (χ0n) is 13.7. The number of ether oxygens (including phenoxy) is 1. The molecule has 1 saturated heterocycles. The van der Waals surface area contributed by atoms with Crippen LogP contribution < -0.4 is 15.8 Å². The molecular formula is C17H25N3O3. The third-order valence-corrected chi connectivity index (χ3v) is 4.02. The second-order valence-electron chi connectivity index (χ2n) is 6.00. The molecule has 6 heteroatoms. The van der Waals surface area contributed by atoms with E-state index in [1.54, 1.807) is 12.0 Å². The standard InChI is InChI=1S/C17H25N3O3/c1-12(21)19-16(10-13-5-3-7-15(9-13)23-2)17(22)20-8-4-6-14(18)11-20/h3,5,7,9,14,16H,4,6,8,10-11,18H2,1-2H3,(H,19,21)/t14-,16+/m0/s1. The summed E-state index contributed by atoms with van der Waals surface area (Å²) in [4.78, 5) is 26.0. The van der Waals surface area contributed by atoms with Gasteiger partial charge in [-0.15, -0.1) is 0 Å². The molecule has 0 aliphatic carbocycles. The lowest BCUT2D eigenvalue weighted by Gasteiger charge is -2.33. The first-order valence-corrected chi connectivity index (χ1v) is 7.94. The average molecular weight is 319 g/mol. The number of nitrogens with one attached hydrogen (secondary N) is 1. The molecule has 0 radical (unpaired) electrons. The maximum absolute atomic E-state index is 12.8. The summed E-state index contributed by atoms with van der Waals surface area (Å²) in [6.07, 6.45) is 2.27. The predicted octanol–water partition coefficient (Wildman–Crippen LogP) is 0.692. The molecule has 1 fully saturated rings. The van der Waals surface area contributed by atoms with Gasteiger partial charge in [-0.1, -0.05) is 12.1 Å². The normalized spacial score (nSPS) is 19.1. The number of carbonyl (C=O) groups is 2. The number of nitrogens with two attached hydrogens (primary N) is 1. The Bertz CT molecular complexity index is 562. The lowest BCUT2D eigenvalue weighted by Crippen LogP contribution is -2.54. The van der Waals surface area contributed by atoms with E-state index >= 15 is 0 Å². The molecule has 0 bridgehead atoms. The van der Waals surface area contributed by atoms with Crippen LogP contribution in [-0.4, -0.2) is 49.0 Å². The van der Waals surface area contributed by atoms with Gasteiger partial charge in [0.25, 0.3) is 0 Å². The molecule has 0 unspecified atom stereocenters. The van der Waals surface area contributed by atoms with E-state index < -0.39 is 6.04 Å². The van der Waals surface area contributed by atoms with Crippen molar-refractivity contribution in [2.75, 3.05) is 20.2 Å². The van der Waals surface area contributed by atoms with Crippen LogP contribution in [0.15, 0.2) is 24.3 Å². The molecule has 2 atom stereocenters. The maximum Gasteiger partial charge on any atom is 0.245 e. The third-order valence-electron chi connectivity index (χ3n) is 4.02. The molecule has 3 N–H and O–H groups in total. The fourth-order valence-electron chi connectivity index (χ4n) is 2.91. The van der Waals surface area contributed by atoms with Gasteiger partial charge in [-0.2, -0.15) is 0 Å². The molecule has 1 aliphatic heterocycles. The Morgan fingerprint density at radius 3 is 2.91 bits per heavy atom. The molecule has 23 heavy (non-hydrogen) atoms. The van der Waals surface area contributed by atoms with E-state index in [2.05, 4.69) is 5.32 Å². The number of carbonyl (C=O) groups excluding carboxylic acids is 2. The third kappa shape index (κ3) is 4.96. The fourth-order valence-corrected chi connectivity index (χ4v) is 2.91. The van der Waals surface area contributed by atoms with Gasteiger partial charge in [0.1, 0.15) is 11.8 Å². The van der Waals surface area contributed by atoms with E-state index in [1.165, 1.54) is 6.92 Å². The van der Waals surface area contributed by atoms with Gasteiger partial charge in [-0.3, -0.25) is 9.59 Å². The number of piperidine rings is 1. The molecule has 1 aromatic rings. The molecule has 6 nitrogen and oxygen atoms in total. The van der Waals surface area contributed by atoms with E-state index in [-0.39, 0.29) is 17.9 Å². The van der Waals surface area contributed by atoms with Gasteiger partial charge in [0, 0.05) is 32.5 Å². The molecule has 0 saturated carbocycles. The van der Waals surface area contributed by atoms with Crippen LogP contribution in [-0.2, 0) is 16.0 Å². The molecule has 1 aliphatic rings. The predicted molar refractivity (Wildman–Crippen MR) is 88.1 cm³/mol. The van der Waals surface area contributed by atoms with Crippen LogP contribution in [0, 0.1) is 0 Å². The highest BCUT2D eigenvalue weighted by Crippen LogP contribution is 2.16. The number of methoxy groups -OCH3 is 1. The number of hydrogen-bond acceptors (Lipinski definition) is 4. The van der Waals surface area contributed by atoms with Crippen LogP contribution in [0.1, 0.15) is 25.3 Å². The topological polar surface area (TPSA) is 84.7 Å². The van der Waals surface area contributed by atoms with Gasteiger partial charge >= 0.3 is 0 Å². The first kappa shape index (κ1) is 17.3. The van der Waals surface area contributed by atoms with Crippen LogP contribution in [0.2, 0.25) is 0 Å². The average Bonchev–Trinajstić information content (AvgIpc) is 2.53. The number of hydrogen-bond donors (Lipinski definition) is 2. The summed E-state index contributed by atoms with van der Waals surface area (Å²) >= 11 is 0. The van der Waals surface area contributed by atoms with Crippen molar-refractivity contribution in [3.05, 3.63) is 29.8 Å². The van der Waals surface area contributed by atoms with Crippen molar-refractivity contribution in [1.29, 1.82) is 0 Å². The van der Waals surface area contributed by atoms with E-state index in [4.69, 9.17) is 10.5 Å². The summed E-state index contributed by atoms with van der Waals surface area (Å²) in [5, 5.41) is 2.77. The van der Waals surface area contributed by atoms with Crippen molar-refractivity contribution in [3.63, 3.8) is 0 Å². The minimum atomic E-state index is -0.579. The van der Waals surface area contributed by atoms with Gasteiger partial charge in [0.2, 0.25) is 11.8 Å². The lowest BCUT2D eigenvalue weighted by atomic mass is 10.0. The van der Waals surface area contributed by atoms with Crippen molar-refractivity contribution in [3.8, 4) is 5.75 Å². The molecule has 126 valence electrons. The monoisotopic (exact) mass is 319 g/mol. The lowest BCUT2D eigenvalue weighted by molar-refractivity contribution is -0.137. The Morgan fingerprint density at radius 1 is 1.48 bits per heavy atom. The second kappa shape index (κ2) is 7.97. The van der Waals surface area contributed by atoms with E-state index in [0.29, 0.717) is 19.5 Å². The van der Waals surface area contributed by atoms with E-state index in [1.807, 2.05) is 24.3 Å². The number of nitrogens with zero attached hydrogens (tertiary/aromatic N) is 1. The Hall–Kier alpha value is -2.08. The van der Waals surface area contributed by atoms with Crippen LogP contribution in [0.25, 0.3) is 0 Å². The van der Waals surface area contributed by atoms with Crippen molar-refractivity contribution < 1.29 is 14.3 Å². The van der Waals surface area contributed by atoms with Gasteiger partial charge < -0.3 is 20.7 Å². The summed E-state index contributed by atoms with van der Waals surface area (Å²) in [6, 6.07) is 6.96. The molecule has 0 aromatic heterocycles. The molecule has 1 aromatic carbocycles. The van der Waals surface area contributed by atoms with Gasteiger partial charge in [0.05, 0.1) is 7.11 Å². The van der Waals surface area contributed by atoms with Crippen LogP contribution in [0.4, 0.5) is 0 Å². The smallest absolute Gasteiger partial charge is 0.245 e. The zero-order chi connectivity index (χ0) is 16.8. The Balaban J connectivity index is 2.12. The van der Waals surface area contributed by atoms with E-state index in [0.717, 1.165) is 24.2 Å². The van der Waals surface area contributed by atoms with Crippen LogP contribution in [0.3, 0.4) is 0 Å². The zero-order valence-corrected chi connectivity index (χ0v) is 13.7. The largest absolute Gasteiger partial charge is 0.497 e. The van der Waals surface area contributed by atoms with Gasteiger partial charge in [-0.25, -0.2) is 0 Å². The van der Waals surface area contributed by atoms with Crippen molar-refractivity contribution in [1.82, 2.24) is 10.2 Å². The molecule has 1 heterocycles. The van der Waals surface area contributed by atoms with Crippen LogP contribution >= 0.6 is 0 Å². The summed E-state index contributed by atoms with van der Waals surface area (Å²) in [7, 11) is 1.60. The SMILES string of the molecule is COc1cccc(C[C@@H](NC(C)=O)C(=O)N2CCC[C@H](N)C2)c1.